The van der Waals surface area contributed by atoms with Crippen molar-refractivity contribution in [2.45, 2.75) is 11.8 Å². The lowest BCUT2D eigenvalue weighted by atomic mass is 10.1. The SMILES string of the molecule is Cc1cccc(N2CCN(S(=O)(=O)c3cccc4c(N(C)C)cccc34)CC2)c1. The van der Waals surface area contributed by atoms with Gasteiger partial charge < -0.3 is 9.80 Å². The number of rotatable bonds is 4. The molecule has 3 aromatic carbocycles. The Morgan fingerprint density at radius 1 is 0.828 bits per heavy atom. The average molecular weight is 410 g/mol. The molecule has 1 fully saturated rings. The van der Waals surface area contributed by atoms with Gasteiger partial charge in [-0.2, -0.15) is 4.31 Å². The van der Waals surface area contributed by atoms with Gasteiger partial charge in [0.1, 0.15) is 0 Å². The molecule has 1 heterocycles. The maximum absolute atomic E-state index is 13.5. The van der Waals surface area contributed by atoms with Gasteiger partial charge in [0.05, 0.1) is 4.90 Å². The Bertz CT molecular complexity index is 1130. The molecule has 1 saturated heterocycles. The molecule has 0 amide bonds. The summed E-state index contributed by atoms with van der Waals surface area (Å²) in [6.45, 7) is 4.43. The van der Waals surface area contributed by atoms with Crippen LogP contribution in [0.5, 0.6) is 0 Å². The van der Waals surface area contributed by atoms with E-state index in [2.05, 4.69) is 30.0 Å². The highest BCUT2D eigenvalue weighted by molar-refractivity contribution is 7.89. The summed E-state index contributed by atoms with van der Waals surface area (Å²) in [5, 5.41) is 1.73. The van der Waals surface area contributed by atoms with Crippen LogP contribution in [0.1, 0.15) is 5.56 Å². The van der Waals surface area contributed by atoms with Crippen molar-refractivity contribution < 1.29 is 8.42 Å². The monoisotopic (exact) mass is 409 g/mol. The molecule has 6 heteroatoms. The van der Waals surface area contributed by atoms with E-state index >= 15 is 0 Å². The Balaban J connectivity index is 1.62. The van der Waals surface area contributed by atoms with Crippen molar-refractivity contribution in [3.63, 3.8) is 0 Å². The number of anilines is 2. The fraction of sp³-hybridized carbons (Fsp3) is 0.304. The molecule has 0 aliphatic carbocycles. The molecule has 0 aromatic heterocycles. The van der Waals surface area contributed by atoms with E-state index in [1.165, 1.54) is 5.56 Å². The van der Waals surface area contributed by atoms with Crippen molar-refractivity contribution in [1.29, 1.82) is 0 Å². The molecule has 0 unspecified atom stereocenters. The van der Waals surface area contributed by atoms with Crippen LogP contribution in [0, 0.1) is 6.92 Å². The van der Waals surface area contributed by atoms with E-state index in [-0.39, 0.29) is 0 Å². The summed E-state index contributed by atoms with van der Waals surface area (Å²) in [5.41, 5.74) is 3.39. The predicted octanol–water partition coefficient (Wildman–Crippen LogP) is 3.73. The topological polar surface area (TPSA) is 43.9 Å². The summed E-state index contributed by atoms with van der Waals surface area (Å²) in [6, 6.07) is 19.7. The molecule has 0 spiro atoms. The minimum Gasteiger partial charge on any atom is -0.377 e. The maximum atomic E-state index is 13.5. The summed E-state index contributed by atoms with van der Waals surface area (Å²) in [4.78, 5) is 4.66. The van der Waals surface area contributed by atoms with Crippen LogP contribution >= 0.6 is 0 Å². The van der Waals surface area contributed by atoms with Crippen molar-refractivity contribution in [3.8, 4) is 0 Å². The van der Waals surface area contributed by atoms with E-state index in [0.717, 1.165) is 22.1 Å². The summed E-state index contributed by atoms with van der Waals surface area (Å²) in [6.07, 6.45) is 0. The van der Waals surface area contributed by atoms with Gasteiger partial charge in [-0.15, -0.1) is 0 Å². The summed E-state index contributed by atoms with van der Waals surface area (Å²) >= 11 is 0. The van der Waals surface area contributed by atoms with E-state index in [0.29, 0.717) is 31.1 Å². The molecule has 0 atom stereocenters. The number of nitrogens with zero attached hydrogens (tertiary/aromatic N) is 3. The van der Waals surface area contributed by atoms with Gasteiger partial charge in [0.2, 0.25) is 10.0 Å². The van der Waals surface area contributed by atoms with Crippen LogP contribution in [0.4, 0.5) is 11.4 Å². The molecule has 3 aromatic rings. The van der Waals surface area contributed by atoms with Gasteiger partial charge in [-0.05, 0) is 36.8 Å². The molecule has 0 saturated carbocycles. The Morgan fingerprint density at radius 2 is 1.48 bits per heavy atom. The molecule has 152 valence electrons. The summed E-state index contributed by atoms with van der Waals surface area (Å²) in [5.74, 6) is 0. The quantitative estimate of drug-likeness (QED) is 0.659. The largest absolute Gasteiger partial charge is 0.377 e. The molecule has 4 rings (SSSR count). The second-order valence-corrected chi connectivity index (χ2v) is 9.66. The van der Waals surface area contributed by atoms with E-state index in [4.69, 9.17) is 0 Å². The zero-order valence-corrected chi connectivity index (χ0v) is 18.0. The van der Waals surface area contributed by atoms with Gasteiger partial charge in [-0.1, -0.05) is 36.4 Å². The predicted molar refractivity (Wildman–Crippen MR) is 120 cm³/mol. The molecular weight excluding hydrogens is 382 g/mol. The number of sulfonamides is 1. The Hall–Kier alpha value is -2.57. The van der Waals surface area contributed by atoms with Gasteiger partial charge >= 0.3 is 0 Å². The standard InChI is InChI=1S/C23H27N3O2S/c1-18-7-4-8-19(17-18)25-13-15-26(16-14-25)29(27,28)23-12-6-9-20-21(23)10-5-11-22(20)24(2)3/h4-12,17H,13-16H2,1-3H3. The van der Waals surface area contributed by atoms with E-state index in [1.54, 1.807) is 10.4 Å². The molecule has 1 aliphatic rings. The second kappa shape index (κ2) is 7.69. The number of benzene rings is 3. The van der Waals surface area contributed by atoms with Crippen LogP contribution in [0.3, 0.4) is 0 Å². The van der Waals surface area contributed by atoms with E-state index < -0.39 is 10.0 Å². The Morgan fingerprint density at radius 3 is 2.17 bits per heavy atom. The van der Waals surface area contributed by atoms with Gasteiger partial charge in [-0.3, -0.25) is 0 Å². The van der Waals surface area contributed by atoms with Crippen LogP contribution in [0.15, 0.2) is 65.6 Å². The Labute approximate surface area is 173 Å². The number of hydrogen-bond acceptors (Lipinski definition) is 4. The van der Waals surface area contributed by atoms with Crippen LogP contribution in [0.2, 0.25) is 0 Å². The molecule has 5 nitrogen and oxygen atoms in total. The first-order chi connectivity index (χ1) is 13.9. The molecule has 1 aliphatic heterocycles. The smallest absolute Gasteiger partial charge is 0.243 e. The van der Waals surface area contributed by atoms with Crippen LogP contribution in [-0.4, -0.2) is 53.0 Å². The van der Waals surface area contributed by atoms with Crippen molar-refractivity contribution in [2.75, 3.05) is 50.1 Å². The second-order valence-electron chi connectivity index (χ2n) is 7.75. The Kier molecular flexibility index (Phi) is 5.23. The lowest BCUT2D eigenvalue weighted by molar-refractivity contribution is 0.385. The van der Waals surface area contributed by atoms with Crippen molar-refractivity contribution >= 4 is 32.2 Å². The molecular formula is C23H27N3O2S. The van der Waals surface area contributed by atoms with Gasteiger partial charge in [0.25, 0.3) is 0 Å². The highest BCUT2D eigenvalue weighted by atomic mass is 32.2. The number of hydrogen-bond donors (Lipinski definition) is 0. The minimum absolute atomic E-state index is 0.391. The third-order valence-corrected chi connectivity index (χ3v) is 7.52. The third kappa shape index (κ3) is 3.70. The minimum atomic E-state index is -3.56. The highest BCUT2D eigenvalue weighted by Gasteiger charge is 2.30. The fourth-order valence-electron chi connectivity index (χ4n) is 4.03. The zero-order chi connectivity index (χ0) is 20.6. The number of fused-ring (bicyclic) bond motifs is 1. The van der Waals surface area contributed by atoms with Gasteiger partial charge in [-0.25, -0.2) is 8.42 Å². The fourth-order valence-corrected chi connectivity index (χ4v) is 5.66. The first-order valence-corrected chi connectivity index (χ1v) is 11.3. The van der Waals surface area contributed by atoms with Crippen LogP contribution < -0.4 is 9.80 Å². The van der Waals surface area contributed by atoms with Crippen molar-refractivity contribution in [3.05, 3.63) is 66.2 Å². The van der Waals surface area contributed by atoms with E-state index in [1.807, 2.05) is 55.4 Å². The van der Waals surface area contributed by atoms with E-state index in [9.17, 15) is 8.42 Å². The third-order valence-electron chi connectivity index (χ3n) is 5.56. The first kappa shape index (κ1) is 19.7. The lowest BCUT2D eigenvalue weighted by Crippen LogP contribution is -2.48. The van der Waals surface area contributed by atoms with Crippen molar-refractivity contribution in [1.82, 2.24) is 4.31 Å². The molecule has 29 heavy (non-hydrogen) atoms. The van der Waals surface area contributed by atoms with Gasteiger partial charge in [0, 0.05) is 62.4 Å². The normalized spacial score (nSPS) is 15.6. The molecule has 0 N–H and O–H groups in total. The molecule has 0 radical (unpaired) electrons. The summed E-state index contributed by atoms with van der Waals surface area (Å²) in [7, 11) is 0.389. The van der Waals surface area contributed by atoms with Crippen LogP contribution in [-0.2, 0) is 10.0 Å². The lowest BCUT2D eigenvalue weighted by Gasteiger charge is -2.35. The first-order valence-electron chi connectivity index (χ1n) is 9.89. The average Bonchev–Trinajstić information content (AvgIpc) is 2.73. The van der Waals surface area contributed by atoms with Crippen molar-refractivity contribution in [2.24, 2.45) is 0 Å². The maximum Gasteiger partial charge on any atom is 0.243 e. The number of piperazine rings is 1. The number of aryl methyl sites for hydroxylation is 1. The van der Waals surface area contributed by atoms with Gasteiger partial charge in [0.15, 0.2) is 0 Å². The molecule has 0 bridgehead atoms. The van der Waals surface area contributed by atoms with Crippen LogP contribution in [0.25, 0.3) is 10.8 Å². The highest BCUT2D eigenvalue weighted by Crippen LogP contribution is 2.32. The zero-order valence-electron chi connectivity index (χ0n) is 17.2. The summed E-state index contributed by atoms with van der Waals surface area (Å²) < 4.78 is 28.6.